The molecule has 3 nitrogen and oxygen atoms in total. The Morgan fingerprint density at radius 3 is 1.00 bits per heavy atom. The van der Waals surface area contributed by atoms with Crippen molar-refractivity contribution >= 4 is 24.5 Å². The summed E-state index contributed by atoms with van der Waals surface area (Å²) in [6.45, 7) is 3.82. The van der Waals surface area contributed by atoms with Crippen molar-refractivity contribution in [1.29, 1.82) is 0 Å². The van der Waals surface area contributed by atoms with E-state index in [4.69, 9.17) is 0 Å². The Labute approximate surface area is 60.5 Å². The van der Waals surface area contributed by atoms with Crippen LogP contribution in [0.1, 0.15) is 20.8 Å². The van der Waals surface area contributed by atoms with Gasteiger partial charge in [-0.1, -0.05) is 0 Å². The summed E-state index contributed by atoms with van der Waals surface area (Å²) in [6, 6.07) is 0. The Hall–Kier alpha value is -0.560. The summed E-state index contributed by atoms with van der Waals surface area (Å²) in [6.07, 6.45) is 0. The summed E-state index contributed by atoms with van der Waals surface area (Å²) in [5.41, 5.74) is -0.931. The zero-order valence-corrected chi connectivity index (χ0v) is 7.07. The summed E-state index contributed by atoms with van der Waals surface area (Å²) >= 11 is 0. The molecule has 0 atom stereocenters. The first-order valence-electron chi connectivity index (χ1n) is 2.78. The third-order valence-corrected chi connectivity index (χ3v) is 2.83. The van der Waals surface area contributed by atoms with E-state index in [9.17, 15) is 14.4 Å². The van der Waals surface area contributed by atoms with Crippen LogP contribution in [-0.2, 0) is 14.4 Å². The molecule has 0 saturated heterocycles. The highest BCUT2D eigenvalue weighted by molar-refractivity contribution is 8.01. The van der Waals surface area contributed by atoms with Gasteiger partial charge in [0.15, 0.2) is 16.6 Å². The number of rotatable bonds is 3. The van der Waals surface area contributed by atoms with Crippen molar-refractivity contribution in [3.8, 4) is 0 Å². The van der Waals surface area contributed by atoms with Crippen LogP contribution in [-0.4, -0.2) is 16.6 Å². The molecule has 0 aliphatic carbocycles. The zero-order chi connectivity index (χ0) is 8.31. The second-order valence-corrected chi connectivity index (χ2v) is 4.45. The van der Waals surface area contributed by atoms with Crippen molar-refractivity contribution in [2.24, 2.45) is 0 Å². The quantitative estimate of drug-likeness (QED) is 0.581. The SMILES string of the molecule is CC(=O)P(C(C)=O)C(C)=O. The summed E-state index contributed by atoms with van der Waals surface area (Å²) in [5.74, 6) is 0. The van der Waals surface area contributed by atoms with Crippen LogP contribution >= 0.6 is 7.92 Å². The van der Waals surface area contributed by atoms with Gasteiger partial charge in [0.05, 0.1) is 0 Å². The zero-order valence-electron chi connectivity index (χ0n) is 6.17. The van der Waals surface area contributed by atoms with E-state index in [-0.39, 0.29) is 16.6 Å². The first-order chi connectivity index (χ1) is 4.46. The predicted octanol–water partition coefficient (Wildman–Crippen LogP) is 1.11. The predicted molar refractivity (Wildman–Crippen MR) is 39.0 cm³/mol. The van der Waals surface area contributed by atoms with Crippen LogP contribution in [0.15, 0.2) is 0 Å². The van der Waals surface area contributed by atoms with Gasteiger partial charge in [-0.2, -0.15) is 0 Å². The summed E-state index contributed by atoms with van der Waals surface area (Å²) in [7, 11) is -1.65. The molecular formula is C6H9O3P. The molecular weight excluding hydrogens is 151 g/mol. The summed E-state index contributed by atoms with van der Waals surface area (Å²) in [4.78, 5) is 31.8. The highest BCUT2D eigenvalue weighted by Gasteiger charge is 2.23. The highest BCUT2D eigenvalue weighted by Crippen LogP contribution is 2.37. The van der Waals surface area contributed by atoms with Crippen LogP contribution in [0, 0.1) is 0 Å². The average Bonchev–Trinajstić information content (AvgIpc) is 1.59. The van der Waals surface area contributed by atoms with Crippen molar-refractivity contribution in [2.75, 3.05) is 0 Å². The van der Waals surface area contributed by atoms with E-state index in [0.29, 0.717) is 0 Å². The number of hydrogen-bond donors (Lipinski definition) is 0. The van der Waals surface area contributed by atoms with Crippen LogP contribution < -0.4 is 0 Å². The fraction of sp³-hybridized carbons (Fsp3) is 0.500. The molecule has 0 amide bonds. The Morgan fingerprint density at radius 2 is 1.00 bits per heavy atom. The van der Waals surface area contributed by atoms with Crippen LogP contribution in [0.5, 0.6) is 0 Å². The van der Waals surface area contributed by atoms with E-state index < -0.39 is 7.92 Å². The molecule has 0 saturated carbocycles. The van der Waals surface area contributed by atoms with Gasteiger partial charge >= 0.3 is 0 Å². The van der Waals surface area contributed by atoms with Gasteiger partial charge in [0.2, 0.25) is 0 Å². The van der Waals surface area contributed by atoms with Gasteiger partial charge in [0.1, 0.15) is 7.92 Å². The maximum atomic E-state index is 10.6. The fourth-order valence-corrected chi connectivity index (χ4v) is 2.00. The van der Waals surface area contributed by atoms with Crippen LogP contribution in [0.3, 0.4) is 0 Å². The molecule has 0 aliphatic heterocycles. The summed E-state index contributed by atoms with van der Waals surface area (Å²) in [5, 5.41) is 0. The highest BCUT2D eigenvalue weighted by atomic mass is 31.1. The van der Waals surface area contributed by atoms with Crippen LogP contribution in [0.25, 0.3) is 0 Å². The van der Waals surface area contributed by atoms with Gasteiger partial charge in [-0.05, 0) is 20.8 Å². The lowest BCUT2D eigenvalue weighted by Crippen LogP contribution is -2.04. The second-order valence-electron chi connectivity index (χ2n) is 1.89. The van der Waals surface area contributed by atoms with Crippen LogP contribution in [0.2, 0.25) is 0 Å². The Morgan fingerprint density at radius 1 is 0.800 bits per heavy atom. The molecule has 4 heteroatoms. The molecule has 0 aromatic rings. The van der Waals surface area contributed by atoms with Crippen LogP contribution in [0.4, 0.5) is 0 Å². The van der Waals surface area contributed by atoms with Crippen molar-refractivity contribution in [2.45, 2.75) is 20.8 Å². The second kappa shape index (κ2) is 3.57. The lowest BCUT2D eigenvalue weighted by molar-refractivity contribution is -0.114. The standard InChI is InChI=1S/C6H9O3P/c1-4(7)10(5(2)8)6(3)9/h1-3H3. The number of carbonyl (C=O) groups excluding carboxylic acids is 3. The molecule has 0 radical (unpaired) electrons. The van der Waals surface area contributed by atoms with E-state index in [2.05, 4.69) is 0 Å². The number of hydrogen-bond acceptors (Lipinski definition) is 3. The van der Waals surface area contributed by atoms with Crippen molar-refractivity contribution in [3.05, 3.63) is 0 Å². The maximum absolute atomic E-state index is 10.6. The molecule has 0 aliphatic rings. The molecule has 0 spiro atoms. The molecule has 0 fully saturated rings. The minimum absolute atomic E-state index is 0.310. The molecule has 0 unspecified atom stereocenters. The maximum Gasteiger partial charge on any atom is 0.166 e. The van der Waals surface area contributed by atoms with E-state index in [1.54, 1.807) is 0 Å². The average molecular weight is 160 g/mol. The summed E-state index contributed by atoms with van der Waals surface area (Å²) < 4.78 is 0. The smallest absolute Gasteiger partial charge is 0.166 e. The largest absolute Gasteiger partial charge is 0.294 e. The van der Waals surface area contributed by atoms with Crippen molar-refractivity contribution < 1.29 is 14.4 Å². The van der Waals surface area contributed by atoms with E-state index in [1.165, 1.54) is 20.8 Å². The molecule has 0 heterocycles. The minimum atomic E-state index is -1.65. The van der Waals surface area contributed by atoms with Gasteiger partial charge < -0.3 is 0 Å². The van der Waals surface area contributed by atoms with Crippen molar-refractivity contribution in [1.82, 2.24) is 0 Å². The van der Waals surface area contributed by atoms with Gasteiger partial charge in [-0.25, -0.2) is 0 Å². The van der Waals surface area contributed by atoms with Crippen molar-refractivity contribution in [3.63, 3.8) is 0 Å². The van der Waals surface area contributed by atoms with Gasteiger partial charge in [-0.3, -0.25) is 14.4 Å². The minimum Gasteiger partial charge on any atom is -0.294 e. The van der Waals surface area contributed by atoms with Gasteiger partial charge in [0.25, 0.3) is 0 Å². The Bertz CT molecular complexity index is 152. The monoisotopic (exact) mass is 160 g/mol. The lowest BCUT2D eigenvalue weighted by Gasteiger charge is -2.02. The Balaban J connectivity index is 4.43. The fourth-order valence-electron chi connectivity index (χ4n) is 0.665. The topological polar surface area (TPSA) is 51.2 Å². The number of carbonyl (C=O) groups is 3. The van der Waals surface area contributed by atoms with E-state index in [0.717, 1.165) is 0 Å². The van der Waals surface area contributed by atoms with Gasteiger partial charge in [-0.15, -0.1) is 0 Å². The Kier molecular flexibility index (Phi) is 3.37. The molecule has 0 bridgehead atoms. The third-order valence-electron chi connectivity index (χ3n) is 0.945. The molecule has 0 aromatic carbocycles. The molecule has 0 rings (SSSR count). The molecule has 0 N–H and O–H groups in total. The molecule has 10 heavy (non-hydrogen) atoms. The van der Waals surface area contributed by atoms with E-state index >= 15 is 0 Å². The molecule has 0 aromatic heterocycles. The third kappa shape index (κ3) is 2.36. The lowest BCUT2D eigenvalue weighted by atomic mass is 10.9. The first kappa shape index (κ1) is 9.44. The molecule has 56 valence electrons. The van der Waals surface area contributed by atoms with E-state index in [1.807, 2.05) is 0 Å². The first-order valence-corrected chi connectivity index (χ1v) is 4.12. The van der Waals surface area contributed by atoms with Gasteiger partial charge in [0, 0.05) is 0 Å². The normalized spacial score (nSPS) is 9.60.